The lowest BCUT2D eigenvalue weighted by molar-refractivity contribution is -0.142. The van der Waals surface area contributed by atoms with Gasteiger partial charge >= 0.3 is 12.0 Å². The van der Waals surface area contributed by atoms with Crippen molar-refractivity contribution in [3.63, 3.8) is 0 Å². The monoisotopic (exact) mass is 351 g/mol. The molecular formula is C17H22FN3O4. The van der Waals surface area contributed by atoms with Gasteiger partial charge in [-0.1, -0.05) is 0 Å². The maximum atomic E-state index is 12.8. The minimum atomic E-state index is -0.778. The number of benzene rings is 1. The standard InChI is InChI=1S/C17H22FN3O4/c18-13-5-1-11(2-6-13)15(22)19-9-10-20-17(25)21-14-7-3-12(4-8-14)16(23)24/h1-2,5-6,12,14H,3-4,7-10H2,(H,19,22)(H,23,24)(H2,20,21,25). The molecule has 1 fully saturated rings. The molecule has 1 saturated carbocycles. The third-order valence-electron chi connectivity index (χ3n) is 4.21. The van der Waals surface area contributed by atoms with Crippen molar-refractivity contribution in [1.29, 1.82) is 0 Å². The molecule has 3 amide bonds. The van der Waals surface area contributed by atoms with Crippen LogP contribution in [-0.4, -0.2) is 42.1 Å². The molecule has 2 rings (SSSR count). The number of carboxylic acid groups (broad SMARTS) is 1. The summed E-state index contributed by atoms with van der Waals surface area (Å²) < 4.78 is 12.8. The molecule has 1 aliphatic rings. The Kier molecular flexibility index (Phi) is 6.73. The lowest BCUT2D eigenvalue weighted by Gasteiger charge is -2.26. The van der Waals surface area contributed by atoms with E-state index in [1.165, 1.54) is 24.3 Å². The highest BCUT2D eigenvalue weighted by Crippen LogP contribution is 2.24. The molecule has 0 heterocycles. The lowest BCUT2D eigenvalue weighted by Crippen LogP contribution is -2.46. The van der Waals surface area contributed by atoms with E-state index in [1.807, 2.05) is 0 Å². The van der Waals surface area contributed by atoms with Crippen LogP contribution in [0.5, 0.6) is 0 Å². The fourth-order valence-electron chi connectivity index (χ4n) is 2.78. The van der Waals surface area contributed by atoms with Crippen molar-refractivity contribution in [1.82, 2.24) is 16.0 Å². The molecule has 0 aliphatic heterocycles. The molecule has 7 nitrogen and oxygen atoms in total. The highest BCUT2D eigenvalue weighted by atomic mass is 19.1. The minimum absolute atomic E-state index is 0.0237. The Balaban J connectivity index is 1.60. The number of carbonyl (C=O) groups excluding carboxylic acids is 2. The molecule has 8 heteroatoms. The normalized spacial score (nSPS) is 19.7. The van der Waals surface area contributed by atoms with Crippen molar-refractivity contribution in [2.45, 2.75) is 31.7 Å². The Morgan fingerprint density at radius 1 is 1.00 bits per heavy atom. The Hall–Kier alpha value is -2.64. The van der Waals surface area contributed by atoms with Gasteiger partial charge in [-0.15, -0.1) is 0 Å². The zero-order chi connectivity index (χ0) is 18.2. The number of hydrogen-bond acceptors (Lipinski definition) is 3. The SMILES string of the molecule is O=C(NCCNC(=O)c1ccc(F)cc1)NC1CCC(C(=O)O)CC1. The predicted molar refractivity (Wildman–Crippen MR) is 88.6 cm³/mol. The van der Waals surface area contributed by atoms with Crippen molar-refractivity contribution >= 4 is 17.9 Å². The van der Waals surface area contributed by atoms with Crippen molar-refractivity contribution in [2.24, 2.45) is 5.92 Å². The molecule has 1 aromatic carbocycles. The number of halogens is 1. The number of amides is 3. The number of urea groups is 1. The van der Waals surface area contributed by atoms with Gasteiger partial charge in [0.1, 0.15) is 5.82 Å². The Bertz CT molecular complexity index is 613. The van der Waals surface area contributed by atoms with E-state index < -0.39 is 11.8 Å². The van der Waals surface area contributed by atoms with E-state index in [2.05, 4.69) is 16.0 Å². The second-order valence-corrected chi connectivity index (χ2v) is 6.05. The van der Waals surface area contributed by atoms with Crippen LogP contribution in [0.4, 0.5) is 9.18 Å². The van der Waals surface area contributed by atoms with Gasteiger partial charge in [-0.05, 0) is 49.9 Å². The molecule has 0 spiro atoms. The number of carbonyl (C=O) groups is 3. The van der Waals surface area contributed by atoms with E-state index in [0.29, 0.717) is 31.2 Å². The van der Waals surface area contributed by atoms with Gasteiger partial charge in [0.25, 0.3) is 5.91 Å². The number of hydrogen-bond donors (Lipinski definition) is 4. The second-order valence-electron chi connectivity index (χ2n) is 6.05. The summed E-state index contributed by atoms with van der Waals surface area (Å²) in [6, 6.07) is 4.83. The summed E-state index contributed by atoms with van der Waals surface area (Å²) in [4.78, 5) is 34.5. The molecule has 0 aromatic heterocycles. The van der Waals surface area contributed by atoms with Crippen LogP contribution in [-0.2, 0) is 4.79 Å². The zero-order valence-corrected chi connectivity index (χ0v) is 13.8. The van der Waals surface area contributed by atoms with E-state index in [1.54, 1.807) is 0 Å². The summed E-state index contributed by atoms with van der Waals surface area (Å²) in [6.45, 7) is 0.499. The molecule has 0 bridgehead atoms. The topological polar surface area (TPSA) is 108 Å². The maximum Gasteiger partial charge on any atom is 0.315 e. The zero-order valence-electron chi connectivity index (χ0n) is 13.8. The van der Waals surface area contributed by atoms with Crippen LogP contribution in [0.1, 0.15) is 36.0 Å². The lowest BCUT2D eigenvalue weighted by atomic mass is 9.86. The van der Waals surface area contributed by atoms with Crippen LogP contribution in [0.2, 0.25) is 0 Å². The van der Waals surface area contributed by atoms with Gasteiger partial charge < -0.3 is 21.1 Å². The first-order valence-electron chi connectivity index (χ1n) is 8.26. The fourth-order valence-corrected chi connectivity index (χ4v) is 2.78. The van der Waals surface area contributed by atoms with E-state index >= 15 is 0 Å². The fraction of sp³-hybridized carbons (Fsp3) is 0.471. The average molecular weight is 351 g/mol. The van der Waals surface area contributed by atoms with Gasteiger partial charge in [0.15, 0.2) is 0 Å². The van der Waals surface area contributed by atoms with Crippen molar-refractivity contribution < 1.29 is 23.9 Å². The third-order valence-corrected chi connectivity index (χ3v) is 4.21. The summed E-state index contributed by atoms with van der Waals surface area (Å²) in [5.41, 5.74) is 0.348. The van der Waals surface area contributed by atoms with Gasteiger partial charge in [-0.25, -0.2) is 9.18 Å². The molecule has 0 saturated heterocycles. The van der Waals surface area contributed by atoms with Gasteiger partial charge in [0, 0.05) is 24.7 Å². The summed E-state index contributed by atoms with van der Waals surface area (Å²) in [7, 11) is 0. The number of nitrogens with one attached hydrogen (secondary N) is 3. The van der Waals surface area contributed by atoms with Crippen LogP contribution in [0.15, 0.2) is 24.3 Å². The highest BCUT2D eigenvalue weighted by Gasteiger charge is 2.26. The molecular weight excluding hydrogens is 329 g/mol. The van der Waals surface area contributed by atoms with E-state index in [0.717, 1.165) is 0 Å². The summed E-state index contributed by atoms with van der Waals surface area (Å²) in [5, 5.41) is 17.0. The maximum absolute atomic E-state index is 12.8. The average Bonchev–Trinajstić information content (AvgIpc) is 2.59. The first kappa shape index (κ1) is 18.7. The van der Waals surface area contributed by atoms with Crippen LogP contribution < -0.4 is 16.0 Å². The quantitative estimate of drug-likeness (QED) is 0.583. The first-order chi connectivity index (χ1) is 12.0. The smallest absolute Gasteiger partial charge is 0.315 e. The predicted octanol–water partition coefficient (Wildman–Crippen LogP) is 1.50. The Labute approximate surface area is 145 Å². The van der Waals surface area contributed by atoms with Gasteiger partial charge in [-0.2, -0.15) is 0 Å². The molecule has 25 heavy (non-hydrogen) atoms. The van der Waals surface area contributed by atoms with Gasteiger partial charge in [0.05, 0.1) is 5.92 Å². The van der Waals surface area contributed by atoms with E-state index in [9.17, 15) is 18.8 Å². The molecule has 1 aliphatic carbocycles. The summed E-state index contributed by atoms with van der Waals surface area (Å²) in [5.74, 6) is -1.84. The highest BCUT2D eigenvalue weighted by molar-refractivity contribution is 5.94. The van der Waals surface area contributed by atoms with Crippen LogP contribution in [0.25, 0.3) is 0 Å². The van der Waals surface area contributed by atoms with Crippen LogP contribution in [0.3, 0.4) is 0 Å². The van der Waals surface area contributed by atoms with Crippen molar-refractivity contribution in [2.75, 3.05) is 13.1 Å². The second kappa shape index (κ2) is 9.00. The van der Waals surface area contributed by atoms with Gasteiger partial charge in [0.2, 0.25) is 0 Å². The number of carboxylic acids is 1. The first-order valence-corrected chi connectivity index (χ1v) is 8.26. The molecule has 0 unspecified atom stereocenters. The largest absolute Gasteiger partial charge is 0.481 e. The van der Waals surface area contributed by atoms with Crippen molar-refractivity contribution in [3.05, 3.63) is 35.6 Å². The molecule has 136 valence electrons. The number of rotatable bonds is 6. The summed E-state index contributed by atoms with van der Waals surface area (Å²) in [6.07, 6.45) is 2.42. The Morgan fingerprint density at radius 3 is 2.20 bits per heavy atom. The third kappa shape index (κ3) is 6.06. The van der Waals surface area contributed by atoms with Crippen LogP contribution >= 0.6 is 0 Å². The molecule has 0 radical (unpaired) electrons. The minimum Gasteiger partial charge on any atom is -0.481 e. The molecule has 0 atom stereocenters. The van der Waals surface area contributed by atoms with E-state index in [-0.39, 0.29) is 37.0 Å². The van der Waals surface area contributed by atoms with Crippen LogP contribution in [0, 0.1) is 11.7 Å². The Morgan fingerprint density at radius 2 is 1.60 bits per heavy atom. The summed E-state index contributed by atoms with van der Waals surface area (Å²) >= 11 is 0. The number of aliphatic carboxylic acids is 1. The molecule has 1 aromatic rings. The van der Waals surface area contributed by atoms with Gasteiger partial charge in [-0.3, -0.25) is 9.59 Å². The van der Waals surface area contributed by atoms with E-state index in [4.69, 9.17) is 5.11 Å². The molecule has 4 N–H and O–H groups in total. The van der Waals surface area contributed by atoms with Crippen molar-refractivity contribution in [3.8, 4) is 0 Å².